The number of aryl methyl sites for hydroxylation is 1. The summed E-state index contributed by atoms with van der Waals surface area (Å²) in [6, 6.07) is 8.14. The van der Waals surface area contributed by atoms with Crippen LogP contribution in [0.1, 0.15) is 35.7 Å². The molecule has 1 aromatic rings. The Morgan fingerprint density at radius 2 is 2.05 bits per heavy atom. The molecule has 0 atom stereocenters. The van der Waals surface area contributed by atoms with Gasteiger partial charge in [-0.1, -0.05) is 11.6 Å². The third-order valence-corrected chi connectivity index (χ3v) is 4.47. The van der Waals surface area contributed by atoms with Crippen LogP contribution in [-0.2, 0) is 0 Å². The van der Waals surface area contributed by atoms with Gasteiger partial charge in [-0.25, -0.2) is 0 Å². The van der Waals surface area contributed by atoms with Gasteiger partial charge in [-0.3, -0.25) is 4.79 Å². The molecule has 0 aromatic heterocycles. The number of halogens is 1. The summed E-state index contributed by atoms with van der Waals surface area (Å²) in [5.74, 6) is 0.0514. The van der Waals surface area contributed by atoms with Crippen molar-refractivity contribution in [2.45, 2.75) is 26.7 Å². The Hall–Kier alpha value is -1.34. The second kappa shape index (κ2) is 5.34. The Morgan fingerprint density at radius 3 is 2.63 bits per heavy atom. The molecule has 2 rings (SSSR count). The molecule has 0 saturated carbocycles. The van der Waals surface area contributed by atoms with Gasteiger partial charge in [-0.05, 0) is 54.8 Å². The molecule has 1 amide bonds. The minimum atomic E-state index is -0.277. The van der Waals surface area contributed by atoms with E-state index < -0.39 is 0 Å². The number of carbonyl (C=O) groups is 1. The molecule has 100 valence electrons. The zero-order valence-corrected chi connectivity index (χ0v) is 12.8. The summed E-state index contributed by atoms with van der Waals surface area (Å²) < 4.78 is 0.830. The molecule has 0 unspecified atom stereocenters. The third kappa shape index (κ3) is 2.98. The second-order valence-corrected chi connectivity index (χ2v) is 6.30. The maximum absolute atomic E-state index is 12.5. The van der Waals surface area contributed by atoms with Crippen molar-refractivity contribution in [1.29, 1.82) is 5.26 Å². The minimum absolute atomic E-state index is 0.0514. The molecular formula is C15H17BrN2O. The van der Waals surface area contributed by atoms with Gasteiger partial charge in [0.25, 0.3) is 5.91 Å². The molecule has 1 aliphatic heterocycles. The SMILES string of the molecule is Cc1ccc(Br)c(C(=O)N2CCC(C)(C#N)CC2)c1. The standard InChI is InChI=1S/C15H17BrN2O/c1-11-3-4-13(16)12(9-11)14(19)18-7-5-15(2,10-17)6-8-18/h3-4,9H,5-8H2,1-2H3. The van der Waals surface area contributed by atoms with Crippen LogP contribution in [0.2, 0.25) is 0 Å². The summed E-state index contributed by atoms with van der Waals surface area (Å²) in [4.78, 5) is 14.3. The zero-order valence-electron chi connectivity index (χ0n) is 11.2. The van der Waals surface area contributed by atoms with E-state index in [1.807, 2.05) is 36.9 Å². The number of amides is 1. The number of benzene rings is 1. The molecule has 1 aliphatic rings. The molecule has 0 aliphatic carbocycles. The average molecular weight is 321 g/mol. The van der Waals surface area contributed by atoms with E-state index in [1.165, 1.54) is 0 Å². The first-order valence-corrected chi connectivity index (χ1v) is 7.21. The van der Waals surface area contributed by atoms with Crippen LogP contribution in [0.15, 0.2) is 22.7 Å². The van der Waals surface area contributed by atoms with E-state index in [1.54, 1.807) is 0 Å². The molecule has 0 spiro atoms. The molecular weight excluding hydrogens is 304 g/mol. The van der Waals surface area contributed by atoms with Crippen molar-refractivity contribution < 1.29 is 4.79 Å². The highest BCUT2D eigenvalue weighted by Gasteiger charge is 2.32. The first-order valence-electron chi connectivity index (χ1n) is 6.42. The number of nitriles is 1. The maximum Gasteiger partial charge on any atom is 0.255 e. The van der Waals surface area contributed by atoms with Gasteiger partial charge in [-0.2, -0.15) is 5.26 Å². The van der Waals surface area contributed by atoms with Gasteiger partial charge in [-0.15, -0.1) is 0 Å². The smallest absolute Gasteiger partial charge is 0.255 e. The summed E-state index contributed by atoms with van der Waals surface area (Å²) in [5, 5.41) is 9.11. The van der Waals surface area contributed by atoms with Crippen LogP contribution < -0.4 is 0 Å². The molecule has 0 radical (unpaired) electrons. The molecule has 0 N–H and O–H groups in total. The van der Waals surface area contributed by atoms with Crippen molar-refractivity contribution in [3.05, 3.63) is 33.8 Å². The predicted octanol–water partition coefficient (Wildman–Crippen LogP) is 3.52. The third-order valence-electron chi connectivity index (χ3n) is 3.78. The van der Waals surface area contributed by atoms with Gasteiger partial charge >= 0.3 is 0 Å². The first kappa shape index (κ1) is 14.1. The van der Waals surface area contributed by atoms with E-state index in [4.69, 9.17) is 5.26 Å². The van der Waals surface area contributed by atoms with Crippen LogP contribution in [0.5, 0.6) is 0 Å². The van der Waals surface area contributed by atoms with Gasteiger partial charge in [0.2, 0.25) is 0 Å². The molecule has 4 heteroatoms. The lowest BCUT2D eigenvalue weighted by Crippen LogP contribution is -2.41. The summed E-state index contributed by atoms with van der Waals surface area (Å²) >= 11 is 3.43. The van der Waals surface area contributed by atoms with Crippen LogP contribution in [0.25, 0.3) is 0 Å². The van der Waals surface area contributed by atoms with Crippen molar-refractivity contribution in [2.24, 2.45) is 5.41 Å². The molecule has 3 nitrogen and oxygen atoms in total. The minimum Gasteiger partial charge on any atom is -0.339 e. The summed E-state index contributed by atoms with van der Waals surface area (Å²) in [7, 11) is 0. The monoisotopic (exact) mass is 320 g/mol. The fraction of sp³-hybridized carbons (Fsp3) is 0.467. The highest BCUT2D eigenvalue weighted by atomic mass is 79.9. The van der Waals surface area contributed by atoms with Crippen LogP contribution in [0, 0.1) is 23.7 Å². The average Bonchev–Trinajstić information content (AvgIpc) is 2.42. The number of piperidine rings is 1. The normalized spacial score (nSPS) is 17.9. The van der Waals surface area contributed by atoms with Crippen LogP contribution in [-0.4, -0.2) is 23.9 Å². The summed E-state index contributed by atoms with van der Waals surface area (Å²) in [6.45, 7) is 5.26. The van der Waals surface area contributed by atoms with Gasteiger partial charge in [0, 0.05) is 17.6 Å². The Balaban J connectivity index is 2.14. The largest absolute Gasteiger partial charge is 0.339 e. The Labute approximate surface area is 122 Å². The van der Waals surface area contributed by atoms with E-state index in [2.05, 4.69) is 22.0 Å². The molecule has 1 aromatic carbocycles. The molecule has 19 heavy (non-hydrogen) atoms. The number of carbonyl (C=O) groups excluding carboxylic acids is 1. The van der Waals surface area contributed by atoms with E-state index >= 15 is 0 Å². The highest BCUT2D eigenvalue weighted by Crippen LogP contribution is 2.31. The van der Waals surface area contributed by atoms with Crippen molar-refractivity contribution in [3.8, 4) is 6.07 Å². The van der Waals surface area contributed by atoms with E-state index in [-0.39, 0.29) is 11.3 Å². The summed E-state index contributed by atoms with van der Waals surface area (Å²) in [6.07, 6.45) is 1.50. The topological polar surface area (TPSA) is 44.1 Å². The van der Waals surface area contributed by atoms with Crippen LogP contribution >= 0.6 is 15.9 Å². The number of hydrogen-bond acceptors (Lipinski definition) is 2. The van der Waals surface area contributed by atoms with Gasteiger partial charge in [0.15, 0.2) is 0 Å². The van der Waals surface area contributed by atoms with Crippen molar-refractivity contribution >= 4 is 21.8 Å². The summed E-state index contributed by atoms with van der Waals surface area (Å²) in [5.41, 5.74) is 1.51. The van der Waals surface area contributed by atoms with Gasteiger partial charge in [0.1, 0.15) is 0 Å². The lowest BCUT2D eigenvalue weighted by Gasteiger charge is -2.35. The number of hydrogen-bond donors (Lipinski definition) is 0. The lowest BCUT2D eigenvalue weighted by molar-refractivity contribution is 0.0660. The van der Waals surface area contributed by atoms with E-state index in [0.717, 1.165) is 22.9 Å². The molecule has 1 fully saturated rings. The van der Waals surface area contributed by atoms with Crippen molar-refractivity contribution in [2.75, 3.05) is 13.1 Å². The van der Waals surface area contributed by atoms with Gasteiger partial charge in [0.05, 0.1) is 17.0 Å². The Morgan fingerprint density at radius 1 is 1.42 bits per heavy atom. The molecule has 0 bridgehead atoms. The number of likely N-dealkylation sites (tertiary alicyclic amines) is 1. The van der Waals surface area contributed by atoms with Crippen molar-refractivity contribution in [1.82, 2.24) is 4.90 Å². The second-order valence-electron chi connectivity index (χ2n) is 5.45. The molecule has 1 heterocycles. The number of rotatable bonds is 1. The number of nitrogens with zero attached hydrogens (tertiary/aromatic N) is 2. The fourth-order valence-corrected chi connectivity index (χ4v) is 2.70. The Kier molecular flexibility index (Phi) is 3.96. The molecule has 1 saturated heterocycles. The lowest BCUT2D eigenvalue weighted by atomic mass is 9.82. The highest BCUT2D eigenvalue weighted by molar-refractivity contribution is 9.10. The van der Waals surface area contributed by atoms with Crippen LogP contribution in [0.4, 0.5) is 0 Å². The predicted molar refractivity (Wildman–Crippen MR) is 77.7 cm³/mol. The quantitative estimate of drug-likeness (QED) is 0.794. The van der Waals surface area contributed by atoms with Crippen LogP contribution in [0.3, 0.4) is 0 Å². The Bertz CT molecular complexity index is 540. The van der Waals surface area contributed by atoms with Gasteiger partial charge < -0.3 is 4.90 Å². The van der Waals surface area contributed by atoms with E-state index in [9.17, 15) is 4.79 Å². The fourth-order valence-electron chi connectivity index (χ4n) is 2.29. The van der Waals surface area contributed by atoms with E-state index in [0.29, 0.717) is 18.7 Å². The maximum atomic E-state index is 12.5. The van der Waals surface area contributed by atoms with Crippen molar-refractivity contribution in [3.63, 3.8) is 0 Å². The zero-order chi connectivity index (χ0) is 14.0. The first-order chi connectivity index (χ1) is 8.95.